The van der Waals surface area contributed by atoms with Gasteiger partial charge in [0.1, 0.15) is 0 Å². The van der Waals surface area contributed by atoms with Crippen molar-refractivity contribution < 1.29 is 4.74 Å². The number of aromatic nitrogens is 1. The van der Waals surface area contributed by atoms with E-state index in [1.165, 1.54) is 27.7 Å². The minimum Gasteiger partial charge on any atom is -0.376 e. The third kappa shape index (κ3) is 1.96. The van der Waals surface area contributed by atoms with E-state index in [1.807, 2.05) is 7.05 Å². The second-order valence-corrected chi connectivity index (χ2v) is 4.62. The fourth-order valence-corrected chi connectivity index (χ4v) is 2.50. The van der Waals surface area contributed by atoms with Gasteiger partial charge in [0, 0.05) is 28.6 Å². The summed E-state index contributed by atoms with van der Waals surface area (Å²) in [5.41, 5.74) is 5.35. The van der Waals surface area contributed by atoms with Crippen molar-refractivity contribution in [3.05, 3.63) is 35.0 Å². The Balaban J connectivity index is 2.02. The topological polar surface area (TPSA) is 37.0 Å². The summed E-state index contributed by atoms with van der Waals surface area (Å²) in [4.78, 5) is 3.50. The van der Waals surface area contributed by atoms with Crippen molar-refractivity contribution in [1.82, 2.24) is 10.3 Å². The molecule has 0 bridgehead atoms. The van der Waals surface area contributed by atoms with Crippen LogP contribution in [0.25, 0.3) is 10.9 Å². The number of rotatable bonds is 3. The van der Waals surface area contributed by atoms with Gasteiger partial charge in [-0.15, -0.1) is 0 Å². The normalized spacial score (nSPS) is 15.1. The van der Waals surface area contributed by atoms with Crippen molar-refractivity contribution in [3.8, 4) is 0 Å². The second kappa shape index (κ2) is 4.51. The molecular weight excluding hydrogens is 212 g/mol. The Bertz CT molecular complexity index is 530. The molecule has 0 saturated heterocycles. The van der Waals surface area contributed by atoms with Crippen molar-refractivity contribution in [2.75, 3.05) is 20.2 Å². The van der Waals surface area contributed by atoms with Gasteiger partial charge in [-0.3, -0.25) is 0 Å². The summed E-state index contributed by atoms with van der Waals surface area (Å²) in [6.45, 7) is 2.62. The number of fused-ring (bicyclic) bond motifs is 3. The van der Waals surface area contributed by atoms with Gasteiger partial charge in [-0.2, -0.15) is 0 Å². The largest absolute Gasteiger partial charge is 0.376 e. The molecule has 2 N–H and O–H groups in total. The first kappa shape index (κ1) is 10.8. The first-order valence-electron chi connectivity index (χ1n) is 6.23. The molecule has 0 amide bonds. The minimum absolute atomic E-state index is 0.755. The standard InChI is InChI=1S/C14H18N2O/c1-15-6-4-10-2-3-13-11(8-10)12-9-17-7-5-14(12)16-13/h2-3,8,15-16H,4-7,9H2,1H3. The molecule has 90 valence electrons. The molecule has 0 saturated carbocycles. The van der Waals surface area contributed by atoms with Gasteiger partial charge in [0.25, 0.3) is 0 Å². The number of hydrogen-bond donors (Lipinski definition) is 2. The first-order valence-corrected chi connectivity index (χ1v) is 6.23. The molecule has 1 aromatic heterocycles. The molecule has 0 unspecified atom stereocenters. The van der Waals surface area contributed by atoms with Crippen LogP contribution in [0.2, 0.25) is 0 Å². The van der Waals surface area contributed by atoms with Crippen LogP contribution in [0.5, 0.6) is 0 Å². The summed E-state index contributed by atoms with van der Waals surface area (Å²) >= 11 is 0. The number of aromatic amines is 1. The summed E-state index contributed by atoms with van der Waals surface area (Å²) in [5.74, 6) is 0. The summed E-state index contributed by atoms with van der Waals surface area (Å²) in [7, 11) is 1.99. The molecule has 0 spiro atoms. The van der Waals surface area contributed by atoms with E-state index in [4.69, 9.17) is 4.74 Å². The summed E-state index contributed by atoms with van der Waals surface area (Å²) in [6, 6.07) is 6.71. The van der Waals surface area contributed by atoms with E-state index >= 15 is 0 Å². The molecule has 1 aliphatic rings. The maximum absolute atomic E-state index is 5.55. The predicted molar refractivity (Wildman–Crippen MR) is 69.3 cm³/mol. The quantitative estimate of drug-likeness (QED) is 0.846. The lowest BCUT2D eigenvalue weighted by molar-refractivity contribution is 0.111. The van der Waals surface area contributed by atoms with Crippen LogP contribution < -0.4 is 5.32 Å². The van der Waals surface area contributed by atoms with Gasteiger partial charge >= 0.3 is 0 Å². The second-order valence-electron chi connectivity index (χ2n) is 4.62. The van der Waals surface area contributed by atoms with Crippen LogP contribution in [-0.4, -0.2) is 25.2 Å². The van der Waals surface area contributed by atoms with Crippen LogP contribution in [0, 0.1) is 0 Å². The SMILES string of the molecule is CNCCc1ccc2[nH]c3c(c2c1)COCC3. The van der Waals surface area contributed by atoms with E-state index in [0.29, 0.717) is 0 Å². The highest BCUT2D eigenvalue weighted by molar-refractivity contribution is 5.85. The Morgan fingerprint density at radius 3 is 3.24 bits per heavy atom. The van der Waals surface area contributed by atoms with Crippen molar-refractivity contribution in [3.63, 3.8) is 0 Å². The van der Waals surface area contributed by atoms with Gasteiger partial charge in [-0.05, 0) is 37.7 Å². The molecule has 17 heavy (non-hydrogen) atoms. The molecule has 1 aromatic carbocycles. The van der Waals surface area contributed by atoms with Crippen LogP contribution in [0.4, 0.5) is 0 Å². The first-order chi connectivity index (χ1) is 8.38. The van der Waals surface area contributed by atoms with E-state index in [1.54, 1.807) is 0 Å². The van der Waals surface area contributed by atoms with Crippen molar-refractivity contribution >= 4 is 10.9 Å². The third-order valence-electron chi connectivity index (χ3n) is 3.47. The average molecular weight is 230 g/mol. The number of hydrogen-bond acceptors (Lipinski definition) is 2. The van der Waals surface area contributed by atoms with Crippen LogP contribution in [-0.2, 0) is 24.2 Å². The molecule has 0 fully saturated rings. The van der Waals surface area contributed by atoms with Crippen molar-refractivity contribution in [1.29, 1.82) is 0 Å². The predicted octanol–water partition coefficient (Wildman–Crippen LogP) is 2.00. The third-order valence-corrected chi connectivity index (χ3v) is 3.47. The Kier molecular flexibility index (Phi) is 2.87. The Morgan fingerprint density at radius 2 is 2.35 bits per heavy atom. The smallest absolute Gasteiger partial charge is 0.0740 e. The fraction of sp³-hybridized carbons (Fsp3) is 0.429. The highest BCUT2D eigenvalue weighted by atomic mass is 16.5. The monoisotopic (exact) mass is 230 g/mol. The van der Waals surface area contributed by atoms with Gasteiger partial charge in [-0.1, -0.05) is 6.07 Å². The van der Waals surface area contributed by atoms with E-state index < -0.39 is 0 Å². The minimum atomic E-state index is 0.755. The Hall–Kier alpha value is -1.32. The van der Waals surface area contributed by atoms with Crippen LogP contribution in [0.3, 0.4) is 0 Å². The number of ether oxygens (including phenoxy) is 1. The lowest BCUT2D eigenvalue weighted by Gasteiger charge is -2.12. The van der Waals surface area contributed by atoms with Crippen LogP contribution >= 0.6 is 0 Å². The molecule has 0 atom stereocenters. The fourth-order valence-electron chi connectivity index (χ4n) is 2.50. The zero-order valence-corrected chi connectivity index (χ0v) is 10.2. The summed E-state index contributed by atoms with van der Waals surface area (Å²) in [5, 5.41) is 4.53. The zero-order chi connectivity index (χ0) is 11.7. The number of nitrogens with one attached hydrogen (secondary N) is 2. The number of likely N-dealkylation sites (N-methyl/N-ethyl adjacent to an activating group) is 1. The molecular formula is C14H18N2O. The lowest BCUT2D eigenvalue weighted by atomic mass is 10.0. The summed E-state index contributed by atoms with van der Waals surface area (Å²) < 4.78 is 5.55. The molecule has 0 aliphatic carbocycles. The van der Waals surface area contributed by atoms with Gasteiger partial charge < -0.3 is 15.0 Å². The van der Waals surface area contributed by atoms with Gasteiger partial charge in [0.05, 0.1) is 13.2 Å². The molecule has 2 aromatic rings. The average Bonchev–Trinajstić information content (AvgIpc) is 2.74. The van der Waals surface area contributed by atoms with Gasteiger partial charge in [0.2, 0.25) is 0 Å². The van der Waals surface area contributed by atoms with Crippen molar-refractivity contribution in [2.45, 2.75) is 19.4 Å². The van der Waals surface area contributed by atoms with E-state index in [9.17, 15) is 0 Å². The molecule has 3 heteroatoms. The van der Waals surface area contributed by atoms with E-state index in [-0.39, 0.29) is 0 Å². The zero-order valence-electron chi connectivity index (χ0n) is 10.2. The molecule has 0 radical (unpaired) electrons. The van der Waals surface area contributed by atoms with Crippen LogP contribution in [0.15, 0.2) is 18.2 Å². The van der Waals surface area contributed by atoms with Crippen LogP contribution in [0.1, 0.15) is 16.8 Å². The number of H-pyrrole nitrogens is 1. The van der Waals surface area contributed by atoms with E-state index in [0.717, 1.165) is 32.6 Å². The Morgan fingerprint density at radius 1 is 1.41 bits per heavy atom. The van der Waals surface area contributed by atoms with Gasteiger partial charge in [0.15, 0.2) is 0 Å². The Labute approximate surface area is 101 Å². The summed E-state index contributed by atoms with van der Waals surface area (Å²) in [6.07, 6.45) is 2.09. The molecule has 3 rings (SSSR count). The molecule has 3 nitrogen and oxygen atoms in total. The van der Waals surface area contributed by atoms with Gasteiger partial charge in [-0.25, -0.2) is 0 Å². The van der Waals surface area contributed by atoms with Crippen molar-refractivity contribution in [2.24, 2.45) is 0 Å². The molecule has 2 heterocycles. The molecule has 1 aliphatic heterocycles. The highest BCUT2D eigenvalue weighted by Gasteiger charge is 2.15. The lowest BCUT2D eigenvalue weighted by Crippen LogP contribution is -2.10. The highest BCUT2D eigenvalue weighted by Crippen LogP contribution is 2.27. The number of benzene rings is 1. The van der Waals surface area contributed by atoms with E-state index in [2.05, 4.69) is 28.5 Å². The maximum Gasteiger partial charge on any atom is 0.0740 e. The maximum atomic E-state index is 5.55.